The molecule has 1 aliphatic rings. The molecule has 88 valence electrons. The van der Waals surface area contributed by atoms with Crippen molar-refractivity contribution in [2.45, 2.75) is 25.4 Å². The number of H-pyrrole nitrogens is 1. The van der Waals surface area contributed by atoms with Gasteiger partial charge in [0.2, 0.25) is 0 Å². The molecule has 0 saturated heterocycles. The van der Waals surface area contributed by atoms with Crippen LogP contribution in [0.1, 0.15) is 30.4 Å². The molecule has 5 heteroatoms. The first-order valence-electron chi connectivity index (χ1n) is 5.61. The van der Waals surface area contributed by atoms with E-state index in [0.717, 1.165) is 17.4 Å². The van der Waals surface area contributed by atoms with E-state index in [1.165, 1.54) is 12.8 Å². The Kier molecular flexibility index (Phi) is 2.73. The summed E-state index contributed by atoms with van der Waals surface area (Å²) in [6, 6.07) is 7.26. The minimum absolute atomic E-state index is 0.404. The molecular formula is C12H12ClN3O. The van der Waals surface area contributed by atoms with Gasteiger partial charge in [0.1, 0.15) is 12.4 Å². The summed E-state index contributed by atoms with van der Waals surface area (Å²) in [5.41, 5.74) is 0. The third kappa shape index (κ3) is 2.58. The van der Waals surface area contributed by atoms with Gasteiger partial charge in [0.25, 0.3) is 0 Å². The molecular weight excluding hydrogens is 238 g/mol. The number of benzene rings is 1. The van der Waals surface area contributed by atoms with Crippen LogP contribution in [0.5, 0.6) is 5.75 Å². The fourth-order valence-corrected chi connectivity index (χ4v) is 1.71. The molecule has 0 spiro atoms. The van der Waals surface area contributed by atoms with Gasteiger partial charge in [-0.2, -0.15) is 5.10 Å². The van der Waals surface area contributed by atoms with E-state index in [4.69, 9.17) is 16.3 Å². The van der Waals surface area contributed by atoms with Crippen molar-refractivity contribution in [3.05, 3.63) is 40.9 Å². The maximum absolute atomic E-state index is 5.79. The molecule has 4 nitrogen and oxygen atoms in total. The Hall–Kier alpha value is -1.55. The van der Waals surface area contributed by atoms with Crippen LogP contribution in [-0.2, 0) is 6.61 Å². The lowest BCUT2D eigenvalue weighted by atomic mass is 10.3. The number of aromatic nitrogens is 3. The SMILES string of the molecule is Clc1ccc(OCc2nc(C3CC3)n[nH]2)cc1. The van der Waals surface area contributed by atoms with Crippen molar-refractivity contribution in [1.29, 1.82) is 0 Å². The van der Waals surface area contributed by atoms with Crippen LogP contribution in [0, 0.1) is 0 Å². The summed E-state index contributed by atoms with van der Waals surface area (Å²) in [4.78, 5) is 4.39. The summed E-state index contributed by atoms with van der Waals surface area (Å²) < 4.78 is 5.57. The Bertz CT molecular complexity index is 505. The molecule has 1 aliphatic carbocycles. The van der Waals surface area contributed by atoms with Crippen LogP contribution in [0.2, 0.25) is 5.02 Å². The van der Waals surface area contributed by atoms with Gasteiger partial charge in [-0.1, -0.05) is 11.6 Å². The first-order valence-corrected chi connectivity index (χ1v) is 5.98. The second-order valence-corrected chi connectivity index (χ2v) is 4.59. The van der Waals surface area contributed by atoms with E-state index in [9.17, 15) is 0 Å². The number of halogens is 1. The van der Waals surface area contributed by atoms with Crippen LogP contribution in [0.15, 0.2) is 24.3 Å². The lowest BCUT2D eigenvalue weighted by Gasteiger charge is -2.03. The Morgan fingerprint density at radius 2 is 2.06 bits per heavy atom. The fourth-order valence-electron chi connectivity index (χ4n) is 1.58. The predicted octanol–water partition coefficient (Wildman–Crippen LogP) is 2.91. The van der Waals surface area contributed by atoms with E-state index in [1.807, 2.05) is 12.1 Å². The first kappa shape index (κ1) is 10.6. The van der Waals surface area contributed by atoms with Crippen LogP contribution in [0.4, 0.5) is 0 Å². The van der Waals surface area contributed by atoms with Gasteiger partial charge in [-0.05, 0) is 37.1 Å². The van der Waals surface area contributed by atoms with E-state index in [1.54, 1.807) is 12.1 Å². The van der Waals surface area contributed by atoms with Crippen molar-refractivity contribution in [2.75, 3.05) is 0 Å². The van der Waals surface area contributed by atoms with Gasteiger partial charge in [-0.15, -0.1) is 0 Å². The molecule has 0 atom stereocenters. The Morgan fingerprint density at radius 3 is 2.76 bits per heavy atom. The van der Waals surface area contributed by atoms with Crippen molar-refractivity contribution < 1.29 is 4.74 Å². The summed E-state index contributed by atoms with van der Waals surface area (Å²) in [5, 5.41) is 7.77. The van der Waals surface area contributed by atoms with Gasteiger partial charge < -0.3 is 4.74 Å². The zero-order valence-corrected chi connectivity index (χ0v) is 9.94. The summed E-state index contributed by atoms with van der Waals surface area (Å²) >= 11 is 5.79. The van der Waals surface area contributed by atoms with E-state index in [-0.39, 0.29) is 0 Å². The Labute approximate surface area is 104 Å². The van der Waals surface area contributed by atoms with Crippen LogP contribution in [0.3, 0.4) is 0 Å². The summed E-state index contributed by atoms with van der Waals surface area (Å²) in [6.45, 7) is 0.404. The topological polar surface area (TPSA) is 50.8 Å². The average molecular weight is 250 g/mol. The van der Waals surface area contributed by atoms with Gasteiger partial charge in [-0.3, -0.25) is 5.10 Å². The smallest absolute Gasteiger partial charge is 0.162 e. The van der Waals surface area contributed by atoms with Crippen molar-refractivity contribution in [3.8, 4) is 5.75 Å². The van der Waals surface area contributed by atoms with Gasteiger partial charge in [-0.25, -0.2) is 4.98 Å². The highest BCUT2D eigenvalue weighted by molar-refractivity contribution is 6.30. The highest BCUT2D eigenvalue weighted by atomic mass is 35.5. The molecule has 1 aromatic carbocycles. The van der Waals surface area contributed by atoms with E-state index < -0.39 is 0 Å². The molecule has 0 radical (unpaired) electrons. The van der Waals surface area contributed by atoms with Crippen LogP contribution < -0.4 is 4.74 Å². The standard InChI is InChI=1S/C12H12ClN3O/c13-9-3-5-10(6-4-9)17-7-11-14-12(16-15-11)8-1-2-8/h3-6,8H,1-2,7H2,(H,14,15,16). The third-order valence-corrected chi connectivity index (χ3v) is 2.93. The molecule has 2 aromatic rings. The van der Waals surface area contributed by atoms with Crippen molar-refractivity contribution >= 4 is 11.6 Å². The molecule has 0 amide bonds. The third-order valence-electron chi connectivity index (χ3n) is 2.68. The summed E-state index contributed by atoms with van der Waals surface area (Å²) in [5.74, 6) is 3.02. The zero-order chi connectivity index (χ0) is 11.7. The monoisotopic (exact) mass is 249 g/mol. The molecule has 3 rings (SSSR count). The maximum Gasteiger partial charge on any atom is 0.162 e. The molecule has 0 aliphatic heterocycles. The van der Waals surface area contributed by atoms with Gasteiger partial charge >= 0.3 is 0 Å². The minimum Gasteiger partial charge on any atom is -0.486 e. The lowest BCUT2D eigenvalue weighted by Crippen LogP contribution is -1.97. The molecule has 0 unspecified atom stereocenters. The number of aromatic amines is 1. The highest BCUT2D eigenvalue weighted by Gasteiger charge is 2.27. The maximum atomic E-state index is 5.79. The van der Waals surface area contributed by atoms with Crippen LogP contribution in [-0.4, -0.2) is 15.2 Å². The molecule has 1 aromatic heterocycles. The van der Waals surface area contributed by atoms with Gasteiger partial charge in [0, 0.05) is 10.9 Å². The molecule has 17 heavy (non-hydrogen) atoms. The first-order chi connectivity index (χ1) is 8.31. The number of ether oxygens (including phenoxy) is 1. The number of hydrogen-bond acceptors (Lipinski definition) is 3. The average Bonchev–Trinajstić information content (AvgIpc) is 3.09. The van der Waals surface area contributed by atoms with Gasteiger partial charge in [0.05, 0.1) is 0 Å². The van der Waals surface area contributed by atoms with Crippen molar-refractivity contribution in [3.63, 3.8) is 0 Å². The molecule has 0 bridgehead atoms. The number of rotatable bonds is 4. The number of nitrogens with one attached hydrogen (secondary N) is 1. The molecule has 1 fully saturated rings. The molecule has 1 saturated carbocycles. The second kappa shape index (κ2) is 4.37. The van der Waals surface area contributed by atoms with Crippen LogP contribution in [0.25, 0.3) is 0 Å². The lowest BCUT2D eigenvalue weighted by molar-refractivity contribution is 0.296. The van der Waals surface area contributed by atoms with E-state index in [0.29, 0.717) is 17.5 Å². The Balaban J connectivity index is 1.60. The number of hydrogen-bond donors (Lipinski definition) is 1. The Morgan fingerprint density at radius 1 is 1.29 bits per heavy atom. The highest BCUT2D eigenvalue weighted by Crippen LogP contribution is 2.37. The number of nitrogens with zero attached hydrogens (tertiary/aromatic N) is 2. The minimum atomic E-state index is 0.404. The van der Waals surface area contributed by atoms with Gasteiger partial charge in [0.15, 0.2) is 11.6 Å². The quantitative estimate of drug-likeness (QED) is 0.906. The molecule has 1 heterocycles. The van der Waals surface area contributed by atoms with Crippen molar-refractivity contribution in [2.24, 2.45) is 0 Å². The fraction of sp³-hybridized carbons (Fsp3) is 0.333. The van der Waals surface area contributed by atoms with Crippen LogP contribution >= 0.6 is 11.6 Å². The zero-order valence-electron chi connectivity index (χ0n) is 9.19. The largest absolute Gasteiger partial charge is 0.486 e. The summed E-state index contributed by atoms with van der Waals surface area (Å²) in [7, 11) is 0. The van der Waals surface area contributed by atoms with E-state index in [2.05, 4.69) is 15.2 Å². The normalized spacial score (nSPS) is 14.9. The predicted molar refractivity (Wildman–Crippen MR) is 64.1 cm³/mol. The second-order valence-electron chi connectivity index (χ2n) is 4.16. The summed E-state index contributed by atoms with van der Waals surface area (Å²) in [6.07, 6.45) is 2.41. The van der Waals surface area contributed by atoms with E-state index >= 15 is 0 Å². The molecule has 1 N–H and O–H groups in total. The van der Waals surface area contributed by atoms with Crippen molar-refractivity contribution in [1.82, 2.24) is 15.2 Å².